The van der Waals surface area contributed by atoms with Crippen molar-refractivity contribution in [2.45, 2.75) is 31.5 Å². The van der Waals surface area contributed by atoms with E-state index in [2.05, 4.69) is 5.32 Å². The maximum atomic E-state index is 12.3. The molecule has 1 rings (SSSR count). The molecule has 0 aliphatic heterocycles. The molecular formula is C13H19F3N2O2S. The van der Waals surface area contributed by atoms with E-state index in [9.17, 15) is 21.6 Å². The maximum Gasteiger partial charge on any atom is 0.402 e. The Morgan fingerprint density at radius 1 is 1.29 bits per heavy atom. The van der Waals surface area contributed by atoms with Crippen molar-refractivity contribution in [2.75, 3.05) is 20.1 Å². The van der Waals surface area contributed by atoms with Crippen molar-refractivity contribution in [2.24, 2.45) is 0 Å². The number of nitrogens with one attached hydrogen (secondary N) is 1. The lowest BCUT2D eigenvalue weighted by Gasteiger charge is -2.19. The minimum atomic E-state index is -4.57. The van der Waals surface area contributed by atoms with Gasteiger partial charge >= 0.3 is 6.18 Å². The highest BCUT2D eigenvalue weighted by atomic mass is 32.2. The molecule has 0 saturated heterocycles. The zero-order chi connectivity index (χ0) is 16.3. The molecule has 0 atom stereocenters. The molecule has 1 aromatic rings. The molecule has 1 N–H and O–H groups in total. The molecule has 1 aromatic carbocycles. The van der Waals surface area contributed by atoms with Gasteiger partial charge in [-0.25, -0.2) is 8.42 Å². The van der Waals surface area contributed by atoms with E-state index >= 15 is 0 Å². The van der Waals surface area contributed by atoms with Crippen LogP contribution >= 0.6 is 0 Å². The van der Waals surface area contributed by atoms with E-state index in [1.54, 1.807) is 6.07 Å². The third kappa shape index (κ3) is 4.98. The fraction of sp³-hybridized carbons (Fsp3) is 0.538. The van der Waals surface area contributed by atoms with Gasteiger partial charge in [0.25, 0.3) is 0 Å². The molecule has 0 saturated carbocycles. The minimum absolute atomic E-state index is 0.132. The van der Waals surface area contributed by atoms with Gasteiger partial charge in [0, 0.05) is 13.6 Å². The summed E-state index contributed by atoms with van der Waals surface area (Å²) in [6.07, 6.45) is -4.57. The lowest BCUT2D eigenvalue weighted by Crippen LogP contribution is -2.35. The van der Waals surface area contributed by atoms with Gasteiger partial charge in [0.1, 0.15) is 6.54 Å². The van der Waals surface area contributed by atoms with Crippen molar-refractivity contribution in [3.05, 3.63) is 29.3 Å². The van der Waals surface area contributed by atoms with Crippen LogP contribution in [0.1, 0.15) is 18.1 Å². The fourth-order valence-electron chi connectivity index (χ4n) is 1.78. The van der Waals surface area contributed by atoms with Crippen LogP contribution < -0.4 is 5.32 Å². The van der Waals surface area contributed by atoms with Gasteiger partial charge in [0.15, 0.2) is 0 Å². The monoisotopic (exact) mass is 324 g/mol. The number of benzene rings is 1. The van der Waals surface area contributed by atoms with E-state index in [-0.39, 0.29) is 4.90 Å². The van der Waals surface area contributed by atoms with Gasteiger partial charge in [-0.1, -0.05) is 13.0 Å². The summed E-state index contributed by atoms with van der Waals surface area (Å²) in [5.41, 5.74) is 1.63. The zero-order valence-corrected chi connectivity index (χ0v) is 13.0. The lowest BCUT2D eigenvalue weighted by molar-refractivity contribution is -0.134. The van der Waals surface area contributed by atoms with Crippen LogP contribution in [0.5, 0.6) is 0 Å². The molecule has 0 spiro atoms. The lowest BCUT2D eigenvalue weighted by atomic mass is 10.1. The van der Waals surface area contributed by atoms with Crippen LogP contribution in [-0.2, 0) is 16.6 Å². The summed E-state index contributed by atoms with van der Waals surface area (Å²) in [6, 6.07) is 4.34. The quantitative estimate of drug-likeness (QED) is 0.873. The first-order chi connectivity index (χ1) is 9.58. The molecule has 0 bridgehead atoms. The number of rotatable bonds is 6. The van der Waals surface area contributed by atoms with Crippen molar-refractivity contribution in [3.8, 4) is 0 Å². The van der Waals surface area contributed by atoms with Gasteiger partial charge in [-0.3, -0.25) is 0 Å². The number of sulfonamides is 1. The fourth-order valence-corrected chi connectivity index (χ4v) is 2.98. The first-order valence-corrected chi connectivity index (χ1v) is 7.85. The van der Waals surface area contributed by atoms with Gasteiger partial charge in [-0.2, -0.15) is 17.5 Å². The number of nitrogens with zero attached hydrogens (tertiary/aromatic N) is 1. The number of alkyl halides is 3. The Bertz CT molecular complexity index is 586. The third-order valence-corrected chi connectivity index (χ3v) is 4.80. The van der Waals surface area contributed by atoms with Crippen LogP contribution in [0.2, 0.25) is 0 Å². The molecular weight excluding hydrogens is 305 g/mol. The Balaban J connectivity index is 3.08. The molecule has 0 fully saturated rings. The van der Waals surface area contributed by atoms with E-state index in [4.69, 9.17) is 0 Å². The topological polar surface area (TPSA) is 49.4 Å². The summed E-state index contributed by atoms with van der Waals surface area (Å²) in [5, 5.41) is 3.06. The molecule has 0 unspecified atom stereocenters. The highest BCUT2D eigenvalue weighted by molar-refractivity contribution is 7.89. The third-order valence-electron chi connectivity index (χ3n) is 3.00. The Morgan fingerprint density at radius 2 is 1.90 bits per heavy atom. The summed E-state index contributed by atoms with van der Waals surface area (Å²) in [4.78, 5) is -0.132. The van der Waals surface area contributed by atoms with Crippen molar-refractivity contribution < 1.29 is 21.6 Å². The number of aryl methyl sites for hydroxylation is 1. The molecule has 21 heavy (non-hydrogen) atoms. The summed E-state index contributed by atoms with van der Waals surface area (Å²) in [7, 11) is -3.23. The summed E-state index contributed by atoms with van der Waals surface area (Å²) in [5.74, 6) is 0. The van der Waals surface area contributed by atoms with E-state index in [0.717, 1.165) is 18.2 Å². The molecule has 0 amide bonds. The second-order valence-electron chi connectivity index (χ2n) is 4.74. The normalized spacial score (nSPS) is 12.9. The Labute approximate surface area is 123 Å². The van der Waals surface area contributed by atoms with Crippen LogP contribution in [0.4, 0.5) is 13.2 Å². The molecule has 0 aliphatic carbocycles. The Morgan fingerprint density at radius 3 is 2.43 bits per heavy atom. The molecule has 120 valence electrons. The second-order valence-corrected chi connectivity index (χ2v) is 6.79. The van der Waals surface area contributed by atoms with Crippen molar-refractivity contribution in [1.82, 2.24) is 9.62 Å². The standard InChI is InChI=1S/C13H19F3N2O2S/c1-4-17-8-11-7-12(6-5-10(11)2)21(19,20)18(3)9-13(14,15)16/h5-7,17H,4,8-9H2,1-3H3. The summed E-state index contributed by atoms with van der Waals surface area (Å²) < 4.78 is 61.7. The zero-order valence-electron chi connectivity index (χ0n) is 12.2. The molecule has 0 radical (unpaired) electrons. The van der Waals surface area contributed by atoms with Crippen LogP contribution in [0.3, 0.4) is 0 Å². The van der Waals surface area contributed by atoms with Gasteiger partial charge in [0.05, 0.1) is 4.90 Å². The van der Waals surface area contributed by atoms with E-state index in [0.29, 0.717) is 17.4 Å². The molecule has 0 heterocycles. The second kappa shape index (κ2) is 6.76. The average molecular weight is 324 g/mol. The van der Waals surface area contributed by atoms with Gasteiger partial charge in [-0.15, -0.1) is 0 Å². The molecule has 0 aliphatic rings. The van der Waals surface area contributed by atoms with Crippen LogP contribution in [0, 0.1) is 6.92 Å². The largest absolute Gasteiger partial charge is 0.402 e. The predicted octanol–water partition coefficient (Wildman–Crippen LogP) is 2.29. The first-order valence-electron chi connectivity index (χ1n) is 6.41. The van der Waals surface area contributed by atoms with Crippen LogP contribution in [-0.4, -0.2) is 39.0 Å². The smallest absolute Gasteiger partial charge is 0.313 e. The molecule has 0 aromatic heterocycles. The minimum Gasteiger partial charge on any atom is -0.313 e. The van der Waals surface area contributed by atoms with Crippen molar-refractivity contribution in [1.29, 1.82) is 0 Å². The van der Waals surface area contributed by atoms with Gasteiger partial charge in [-0.05, 0) is 36.7 Å². The predicted molar refractivity (Wildman–Crippen MR) is 74.4 cm³/mol. The number of hydrogen-bond acceptors (Lipinski definition) is 3. The van der Waals surface area contributed by atoms with Crippen LogP contribution in [0.25, 0.3) is 0 Å². The summed E-state index contributed by atoms with van der Waals surface area (Å²) >= 11 is 0. The molecule has 4 nitrogen and oxygen atoms in total. The number of halogens is 3. The van der Waals surface area contributed by atoms with Gasteiger partial charge < -0.3 is 5.32 Å². The highest BCUT2D eigenvalue weighted by Crippen LogP contribution is 2.23. The summed E-state index contributed by atoms with van der Waals surface area (Å²) in [6.45, 7) is 3.40. The van der Waals surface area contributed by atoms with E-state index in [1.807, 2.05) is 13.8 Å². The molecule has 8 heteroatoms. The SMILES string of the molecule is CCNCc1cc(S(=O)(=O)N(C)CC(F)(F)F)ccc1C. The van der Waals surface area contributed by atoms with E-state index in [1.165, 1.54) is 12.1 Å². The first kappa shape index (κ1) is 17.9. The maximum absolute atomic E-state index is 12.3. The van der Waals surface area contributed by atoms with E-state index < -0.39 is 22.7 Å². The van der Waals surface area contributed by atoms with Crippen LogP contribution in [0.15, 0.2) is 23.1 Å². The van der Waals surface area contributed by atoms with Crippen molar-refractivity contribution in [3.63, 3.8) is 0 Å². The average Bonchev–Trinajstić information content (AvgIpc) is 2.35. The Hall–Kier alpha value is -1.12. The number of hydrogen-bond donors (Lipinski definition) is 1. The van der Waals surface area contributed by atoms with Crippen molar-refractivity contribution >= 4 is 10.0 Å². The Kier molecular flexibility index (Phi) is 5.77. The highest BCUT2D eigenvalue weighted by Gasteiger charge is 2.34. The van der Waals surface area contributed by atoms with Gasteiger partial charge in [0.2, 0.25) is 10.0 Å².